The predicted octanol–water partition coefficient (Wildman–Crippen LogP) is 0.125. The monoisotopic (exact) mass is 235 g/mol. The summed E-state index contributed by atoms with van der Waals surface area (Å²) in [5.74, 6) is 0.891. The molecule has 1 saturated heterocycles. The topological polar surface area (TPSA) is 57.6 Å². The minimum absolute atomic E-state index is 0.266. The molecule has 0 aliphatic carbocycles. The first-order chi connectivity index (χ1) is 7.01. The lowest BCUT2D eigenvalue weighted by molar-refractivity contribution is 0.251. The fourth-order valence-electron chi connectivity index (χ4n) is 2.08. The van der Waals surface area contributed by atoms with Crippen LogP contribution in [0.15, 0.2) is 0 Å². The van der Waals surface area contributed by atoms with Crippen LogP contribution in [0.3, 0.4) is 0 Å². The molecule has 1 rings (SSSR count). The molecule has 1 atom stereocenters. The summed E-state index contributed by atoms with van der Waals surface area (Å²) in [6, 6.07) is 0. The highest BCUT2D eigenvalue weighted by atomic mass is 32.2. The van der Waals surface area contributed by atoms with Crippen LogP contribution < -0.4 is 0 Å². The lowest BCUT2D eigenvalue weighted by Gasteiger charge is -2.15. The van der Waals surface area contributed by atoms with Gasteiger partial charge in [-0.25, -0.2) is 8.42 Å². The van der Waals surface area contributed by atoms with Gasteiger partial charge in [0.15, 0.2) is 0 Å². The molecule has 0 aromatic heterocycles. The van der Waals surface area contributed by atoms with Crippen LogP contribution in [0.25, 0.3) is 0 Å². The van der Waals surface area contributed by atoms with Gasteiger partial charge in [0, 0.05) is 19.4 Å². The molecule has 1 heterocycles. The van der Waals surface area contributed by atoms with Crippen LogP contribution in [0, 0.1) is 5.92 Å². The average Bonchev–Trinajstić information content (AvgIpc) is 2.51. The second-order valence-corrected chi connectivity index (χ2v) is 6.71. The van der Waals surface area contributed by atoms with Gasteiger partial charge in [-0.1, -0.05) is 0 Å². The van der Waals surface area contributed by atoms with Gasteiger partial charge in [0.1, 0.15) is 9.84 Å². The van der Waals surface area contributed by atoms with E-state index in [-0.39, 0.29) is 12.4 Å². The van der Waals surface area contributed by atoms with E-state index in [1.54, 1.807) is 0 Å². The van der Waals surface area contributed by atoms with Gasteiger partial charge in [-0.2, -0.15) is 0 Å². The molecular formula is C10H21NO3S. The molecule has 1 aliphatic rings. The molecule has 1 N–H and O–H groups in total. The number of likely N-dealkylation sites (tertiary alicyclic amines) is 1. The molecule has 0 spiro atoms. The highest BCUT2D eigenvalue weighted by molar-refractivity contribution is 7.90. The number of sulfone groups is 1. The molecular weight excluding hydrogens is 214 g/mol. The standard InChI is InChI=1S/C10H21NO3S/c1-15(13,14)8-2-5-11-6-3-10(9-11)4-7-12/h10,12H,2-9H2,1H3. The van der Waals surface area contributed by atoms with E-state index >= 15 is 0 Å². The predicted molar refractivity (Wildman–Crippen MR) is 60.6 cm³/mol. The number of aliphatic hydroxyl groups is 1. The Balaban J connectivity index is 2.14. The Morgan fingerprint density at radius 3 is 2.80 bits per heavy atom. The molecule has 0 radical (unpaired) electrons. The van der Waals surface area contributed by atoms with Crippen molar-refractivity contribution in [2.75, 3.05) is 38.2 Å². The van der Waals surface area contributed by atoms with Gasteiger partial charge in [-0.05, 0) is 38.3 Å². The second kappa shape index (κ2) is 5.82. The number of hydrogen-bond acceptors (Lipinski definition) is 4. The smallest absolute Gasteiger partial charge is 0.147 e. The summed E-state index contributed by atoms with van der Waals surface area (Å²) in [5, 5.41) is 8.80. The van der Waals surface area contributed by atoms with E-state index in [9.17, 15) is 8.42 Å². The minimum Gasteiger partial charge on any atom is -0.396 e. The lowest BCUT2D eigenvalue weighted by Crippen LogP contribution is -2.23. The Morgan fingerprint density at radius 1 is 1.47 bits per heavy atom. The number of hydrogen-bond donors (Lipinski definition) is 1. The van der Waals surface area contributed by atoms with Crippen molar-refractivity contribution in [2.45, 2.75) is 19.3 Å². The first-order valence-corrected chi connectivity index (χ1v) is 7.58. The normalized spacial score (nSPS) is 23.5. The average molecular weight is 235 g/mol. The van der Waals surface area contributed by atoms with E-state index in [1.165, 1.54) is 6.26 Å². The highest BCUT2D eigenvalue weighted by Gasteiger charge is 2.21. The van der Waals surface area contributed by atoms with Crippen molar-refractivity contribution in [3.8, 4) is 0 Å². The Kier molecular flexibility index (Phi) is 5.02. The molecule has 0 bridgehead atoms. The third-order valence-electron chi connectivity index (χ3n) is 2.90. The zero-order valence-corrected chi connectivity index (χ0v) is 10.2. The van der Waals surface area contributed by atoms with Gasteiger partial charge in [0.25, 0.3) is 0 Å². The van der Waals surface area contributed by atoms with Crippen LogP contribution in [0.4, 0.5) is 0 Å². The quantitative estimate of drug-likeness (QED) is 0.711. The first-order valence-electron chi connectivity index (χ1n) is 5.52. The second-order valence-electron chi connectivity index (χ2n) is 4.45. The van der Waals surface area contributed by atoms with E-state index in [0.717, 1.165) is 38.9 Å². The van der Waals surface area contributed by atoms with Gasteiger partial charge < -0.3 is 10.0 Å². The maximum atomic E-state index is 10.9. The highest BCUT2D eigenvalue weighted by Crippen LogP contribution is 2.18. The van der Waals surface area contributed by atoms with Crippen LogP contribution in [-0.2, 0) is 9.84 Å². The summed E-state index contributed by atoms with van der Waals surface area (Å²) in [6.45, 7) is 3.20. The zero-order chi connectivity index (χ0) is 11.3. The van der Waals surface area contributed by atoms with Crippen molar-refractivity contribution in [3.63, 3.8) is 0 Å². The largest absolute Gasteiger partial charge is 0.396 e. The molecule has 0 aromatic carbocycles. The molecule has 0 saturated carbocycles. The number of aliphatic hydroxyl groups excluding tert-OH is 1. The van der Waals surface area contributed by atoms with Gasteiger partial charge in [0.05, 0.1) is 5.75 Å². The zero-order valence-electron chi connectivity index (χ0n) is 9.35. The van der Waals surface area contributed by atoms with E-state index in [2.05, 4.69) is 4.90 Å². The summed E-state index contributed by atoms with van der Waals surface area (Å²) >= 11 is 0. The van der Waals surface area contributed by atoms with Crippen molar-refractivity contribution in [3.05, 3.63) is 0 Å². The minimum atomic E-state index is -2.81. The maximum absolute atomic E-state index is 10.9. The molecule has 15 heavy (non-hydrogen) atoms. The SMILES string of the molecule is CS(=O)(=O)CCCN1CCC(CCO)C1. The molecule has 1 aliphatic heterocycles. The fraction of sp³-hybridized carbons (Fsp3) is 1.00. The van der Waals surface area contributed by atoms with Crippen molar-refractivity contribution in [1.82, 2.24) is 4.90 Å². The van der Waals surface area contributed by atoms with E-state index in [0.29, 0.717) is 5.92 Å². The molecule has 0 amide bonds. The van der Waals surface area contributed by atoms with Crippen LogP contribution in [-0.4, -0.2) is 56.7 Å². The summed E-state index contributed by atoms with van der Waals surface area (Å²) in [6.07, 6.45) is 4.03. The summed E-state index contributed by atoms with van der Waals surface area (Å²) in [7, 11) is -2.81. The van der Waals surface area contributed by atoms with Crippen molar-refractivity contribution in [1.29, 1.82) is 0 Å². The Bertz CT molecular complexity index is 276. The van der Waals surface area contributed by atoms with E-state index in [4.69, 9.17) is 5.11 Å². The number of nitrogens with zero attached hydrogens (tertiary/aromatic N) is 1. The first kappa shape index (κ1) is 12.9. The van der Waals surface area contributed by atoms with Gasteiger partial charge in [-0.3, -0.25) is 0 Å². The maximum Gasteiger partial charge on any atom is 0.147 e. The van der Waals surface area contributed by atoms with Crippen molar-refractivity contribution in [2.24, 2.45) is 5.92 Å². The summed E-state index contributed by atoms with van der Waals surface area (Å²) in [4.78, 5) is 2.30. The third-order valence-corrected chi connectivity index (χ3v) is 3.93. The fourth-order valence-corrected chi connectivity index (χ4v) is 2.74. The lowest BCUT2D eigenvalue weighted by atomic mass is 10.1. The van der Waals surface area contributed by atoms with Gasteiger partial charge in [-0.15, -0.1) is 0 Å². The molecule has 1 fully saturated rings. The Labute approximate surface area is 92.2 Å². The van der Waals surface area contributed by atoms with Crippen molar-refractivity contribution >= 4 is 9.84 Å². The van der Waals surface area contributed by atoms with E-state index < -0.39 is 9.84 Å². The summed E-state index contributed by atoms with van der Waals surface area (Å²) < 4.78 is 21.8. The molecule has 1 unspecified atom stereocenters. The Morgan fingerprint density at radius 2 is 2.20 bits per heavy atom. The number of rotatable bonds is 6. The molecule has 90 valence electrons. The molecule has 4 nitrogen and oxygen atoms in total. The Hall–Kier alpha value is -0.130. The van der Waals surface area contributed by atoms with E-state index in [1.807, 2.05) is 0 Å². The van der Waals surface area contributed by atoms with Gasteiger partial charge >= 0.3 is 0 Å². The summed E-state index contributed by atoms with van der Waals surface area (Å²) in [5.41, 5.74) is 0. The van der Waals surface area contributed by atoms with Crippen molar-refractivity contribution < 1.29 is 13.5 Å². The van der Waals surface area contributed by atoms with Crippen LogP contribution in [0.1, 0.15) is 19.3 Å². The third kappa shape index (κ3) is 5.49. The van der Waals surface area contributed by atoms with Crippen LogP contribution in [0.5, 0.6) is 0 Å². The van der Waals surface area contributed by atoms with Gasteiger partial charge in [0.2, 0.25) is 0 Å². The molecule has 5 heteroatoms. The molecule has 0 aromatic rings. The van der Waals surface area contributed by atoms with Crippen LogP contribution in [0.2, 0.25) is 0 Å². The van der Waals surface area contributed by atoms with Crippen LogP contribution >= 0.6 is 0 Å².